The van der Waals surface area contributed by atoms with E-state index < -0.39 is 0 Å². The molecule has 0 aliphatic carbocycles. The van der Waals surface area contributed by atoms with Crippen LogP contribution in [0.3, 0.4) is 0 Å². The van der Waals surface area contributed by atoms with Crippen molar-refractivity contribution in [1.82, 2.24) is 4.90 Å². The number of carbonyl (C=O) groups excluding carboxylic acids is 1. The highest BCUT2D eigenvalue weighted by atomic mass is 16.6. The Labute approximate surface area is 54.6 Å². The van der Waals surface area contributed by atoms with Gasteiger partial charge in [0.1, 0.15) is 6.61 Å². The third-order valence-electron chi connectivity index (χ3n) is 1.71. The van der Waals surface area contributed by atoms with Crippen molar-refractivity contribution in [3.63, 3.8) is 0 Å². The fraction of sp³-hybridized carbons (Fsp3) is 0.833. The molecule has 0 spiro atoms. The monoisotopic (exact) mass is 129 g/mol. The molecule has 3 heteroatoms. The van der Waals surface area contributed by atoms with E-state index in [1.54, 1.807) is 11.9 Å². The molecule has 0 N–H and O–H groups in total. The van der Waals surface area contributed by atoms with E-state index in [2.05, 4.69) is 0 Å². The van der Waals surface area contributed by atoms with Gasteiger partial charge in [0, 0.05) is 7.05 Å². The van der Waals surface area contributed by atoms with Crippen LogP contribution in [-0.2, 0) is 4.74 Å². The molecule has 0 bridgehead atoms. The number of hydrogen-bond acceptors (Lipinski definition) is 2. The Morgan fingerprint density at radius 2 is 2.56 bits per heavy atom. The average Bonchev–Trinajstić information content (AvgIpc) is 2.15. The molecule has 3 nitrogen and oxygen atoms in total. The standard InChI is InChI=1S/C6H11NO2/c1-3-5-4-9-6(8)7(5)2/h5H,3-4H2,1-2H3/t5-/m0/s1. The molecule has 0 unspecified atom stereocenters. The van der Waals surface area contributed by atoms with Crippen molar-refractivity contribution >= 4 is 6.09 Å². The molecule has 1 saturated heterocycles. The number of ether oxygens (including phenoxy) is 1. The maximum atomic E-state index is 10.6. The molecular weight excluding hydrogens is 118 g/mol. The van der Waals surface area contributed by atoms with Crippen LogP contribution in [0.4, 0.5) is 4.79 Å². The minimum Gasteiger partial charge on any atom is -0.447 e. The van der Waals surface area contributed by atoms with Crippen LogP contribution in [0.1, 0.15) is 13.3 Å². The van der Waals surface area contributed by atoms with E-state index in [1.165, 1.54) is 0 Å². The molecule has 1 heterocycles. The van der Waals surface area contributed by atoms with Crippen LogP contribution in [0.2, 0.25) is 0 Å². The molecule has 1 rings (SSSR count). The molecule has 9 heavy (non-hydrogen) atoms. The fourth-order valence-corrected chi connectivity index (χ4v) is 0.922. The van der Waals surface area contributed by atoms with Crippen molar-refractivity contribution in [3.8, 4) is 0 Å². The summed E-state index contributed by atoms with van der Waals surface area (Å²) in [6.07, 6.45) is 0.782. The Balaban J connectivity index is 2.51. The predicted molar refractivity (Wildman–Crippen MR) is 33.2 cm³/mol. The van der Waals surface area contributed by atoms with Gasteiger partial charge >= 0.3 is 6.09 Å². The largest absolute Gasteiger partial charge is 0.447 e. The highest BCUT2D eigenvalue weighted by Crippen LogP contribution is 2.11. The van der Waals surface area contributed by atoms with Crippen molar-refractivity contribution in [2.45, 2.75) is 19.4 Å². The first-order valence-electron chi connectivity index (χ1n) is 3.15. The van der Waals surface area contributed by atoms with Crippen LogP contribution in [0.15, 0.2) is 0 Å². The second-order valence-electron chi connectivity index (χ2n) is 2.25. The van der Waals surface area contributed by atoms with Gasteiger partial charge in [0.15, 0.2) is 0 Å². The van der Waals surface area contributed by atoms with E-state index >= 15 is 0 Å². The summed E-state index contributed by atoms with van der Waals surface area (Å²) in [5, 5.41) is 0. The van der Waals surface area contributed by atoms with Crippen LogP contribution in [0.5, 0.6) is 0 Å². The molecular formula is C6H11NO2. The zero-order valence-electron chi connectivity index (χ0n) is 5.76. The lowest BCUT2D eigenvalue weighted by Crippen LogP contribution is -2.28. The van der Waals surface area contributed by atoms with Gasteiger partial charge in [-0.3, -0.25) is 0 Å². The van der Waals surface area contributed by atoms with Crippen LogP contribution < -0.4 is 0 Å². The lowest BCUT2D eigenvalue weighted by atomic mass is 10.2. The Bertz CT molecular complexity index is 124. The molecule has 0 aromatic carbocycles. The number of hydrogen-bond donors (Lipinski definition) is 0. The Hall–Kier alpha value is -0.730. The molecule has 1 atom stereocenters. The van der Waals surface area contributed by atoms with Gasteiger partial charge in [0.05, 0.1) is 6.04 Å². The Kier molecular flexibility index (Phi) is 1.60. The van der Waals surface area contributed by atoms with E-state index in [0.29, 0.717) is 12.6 Å². The lowest BCUT2D eigenvalue weighted by Gasteiger charge is -2.12. The summed E-state index contributed by atoms with van der Waals surface area (Å²) in [5.74, 6) is 0. The molecule has 1 amide bonds. The topological polar surface area (TPSA) is 29.5 Å². The number of rotatable bonds is 1. The van der Waals surface area contributed by atoms with E-state index in [0.717, 1.165) is 6.42 Å². The van der Waals surface area contributed by atoms with Crippen LogP contribution in [-0.4, -0.2) is 30.7 Å². The molecule has 1 fully saturated rings. The third kappa shape index (κ3) is 0.992. The second kappa shape index (κ2) is 2.25. The van der Waals surface area contributed by atoms with E-state index in [1.807, 2.05) is 6.92 Å². The number of cyclic esters (lactones) is 1. The number of nitrogens with zero attached hydrogens (tertiary/aromatic N) is 1. The zero-order valence-corrected chi connectivity index (χ0v) is 5.76. The molecule has 0 aromatic rings. The highest BCUT2D eigenvalue weighted by molar-refractivity contribution is 5.69. The summed E-state index contributed by atoms with van der Waals surface area (Å²) in [7, 11) is 1.77. The third-order valence-corrected chi connectivity index (χ3v) is 1.71. The summed E-state index contributed by atoms with van der Waals surface area (Å²) >= 11 is 0. The van der Waals surface area contributed by atoms with Crippen molar-refractivity contribution in [1.29, 1.82) is 0 Å². The van der Waals surface area contributed by atoms with E-state index in [4.69, 9.17) is 4.74 Å². The minimum atomic E-state index is -0.193. The van der Waals surface area contributed by atoms with Gasteiger partial charge in [-0.25, -0.2) is 4.79 Å². The van der Waals surface area contributed by atoms with Gasteiger partial charge in [-0.1, -0.05) is 6.92 Å². The summed E-state index contributed by atoms with van der Waals surface area (Å²) in [6.45, 7) is 2.61. The van der Waals surface area contributed by atoms with E-state index in [-0.39, 0.29) is 6.09 Å². The van der Waals surface area contributed by atoms with E-state index in [9.17, 15) is 4.79 Å². The van der Waals surface area contributed by atoms with Gasteiger partial charge in [-0.2, -0.15) is 0 Å². The van der Waals surface area contributed by atoms with Crippen LogP contribution in [0, 0.1) is 0 Å². The summed E-state index contributed by atoms with van der Waals surface area (Å²) < 4.78 is 4.76. The predicted octanol–water partition coefficient (Wildman–Crippen LogP) is 0.847. The van der Waals surface area contributed by atoms with Crippen LogP contribution in [0.25, 0.3) is 0 Å². The molecule has 0 aromatic heterocycles. The van der Waals surface area contributed by atoms with Crippen molar-refractivity contribution in [2.24, 2.45) is 0 Å². The normalized spacial score (nSPS) is 26.7. The maximum Gasteiger partial charge on any atom is 0.409 e. The quantitative estimate of drug-likeness (QED) is 0.525. The first-order valence-corrected chi connectivity index (χ1v) is 3.15. The summed E-state index contributed by atoms with van der Waals surface area (Å²) in [6, 6.07) is 0.303. The molecule has 0 radical (unpaired) electrons. The molecule has 1 aliphatic rings. The van der Waals surface area contributed by atoms with Crippen molar-refractivity contribution in [3.05, 3.63) is 0 Å². The Morgan fingerprint density at radius 3 is 2.78 bits per heavy atom. The lowest BCUT2D eigenvalue weighted by molar-refractivity contribution is 0.163. The van der Waals surface area contributed by atoms with Gasteiger partial charge in [-0.15, -0.1) is 0 Å². The smallest absolute Gasteiger partial charge is 0.409 e. The van der Waals surface area contributed by atoms with Crippen molar-refractivity contribution in [2.75, 3.05) is 13.7 Å². The Morgan fingerprint density at radius 1 is 1.89 bits per heavy atom. The van der Waals surface area contributed by atoms with Crippen LogP contribution >= 0.6 is 0 Å². The zero-order chi connectivity index (χ0) is 6.85. The molecule has 0 saturated carbocycles. The van der Waals surface area contributed by atoms with Gasteiger partial charge < -0.3 is 9.64 Å². The van der Waals surface area contributed by atoms with Gasteiger partial charge in [0.2, 0.25) is 0 Å². The molecule has 52 valence electrons. The van der Waals surface area contributed by atoms with Crippen molar-refractivity contribution < 1.29 is 9.53 Å². The SMILES string of the molecule is CC[C@H]1COC(=O)N1C. The number of amides is 1. The summed E-state index contributed by atoms with van der Waals surface area (Å²) in [4.78, 5) is 12.3. The second-order valence-corrected chi connectivity index (χ2v) is 2.25. The van der Waals surface area contributed by atoms with Gasteiger partial charge in [0.25, 0.3) is 0 Å². The number of likely N-dealkylation sites (N-methyl/N-ethyl adjacent to an activating group) is 1. The fourth-order valence-electron chi connectivity index (χ4n) is 0.922. The first-order chi connectivity index (χ1) is 4.25. The minimum absolute atomic E-state index is 0.193. The highest BCUT2D eigenvalue weighted by Gasteiger charge is 2.27. The molecule has 1 aliphatic heterocycles. The maximum absolute atomic E-state index is 10.6. The average molecular weight is 129 g/mol. The number of carbonyl (C=O) groups is 1. The van der Waals surface area contributed by atoms with Gasteiger partial charge in [-0.05, 0) is 6.42 Å². The summed E-state index contributed by atoms with van der Waals surface area (Å²) in [5.41, 5.74) is 0. The first kappa shape index (κ1) is 6.39.